The van der Waals surface area contributed by atoms with E-state index in [-0.39, 0.29) is 5.75 Å². The van der Waals surface area contributed by atoms with Crippen molar-refractivity contribution >= 4 is 44.6 Å². The number of fused-ring (bicyclic) bond motifs is 2. The van der Waals surface area contributed by atoms with Gasteiger partial charge in [0.25, 0.3) is 0 Å². The molecule has 0 saturated heterocycles. The van der Waals surface area contributed by atoms with Gasteiger partial charge in [-0.25, -0.2) is 9.69 Å². The van der Waals surface area contributed by atoms with Crippen molar-refractivity contribution in [1.82, 2.24) is 9.13 Å². The lowest BCUT2D eigenvalue weighted by Crippen LogP contribution is -1.92. The molecule has 2 aromatic heterocycles. The lowest BCUT2D eigenvalue weighted by molar-refractivity contribution is 0.415. The number of methoxy groups -OCH3 is 1. The van der Waals surface area contributed by atoms with E-state index in [1.54, 1.807) is 19.2 Å². The van der Waals surface area contributed by atoms with Crippen molar-refractivity contribution < 1.29 is 9.84 Å². The molecule has 8 rings (SSSR count). The maximum Gasteiger partial charge on any atom is 0.188 e. The number of benzene rings is 6. The summed E-state index contributed by atoms with van der Waals surface area (Å²) in [6.45, 7) is 18.7. The Bertz CT molecular complexity index is 2730. The van der Waals surface area contributed by atoms with E-state index < -0.39 is 0 Å². The van der Waals surface area contributed by atoms with E-state index in [0.29, 0.717) is 11.4 Å². The predicted molar refractivity (Wildman–Crippen MR) is 216 cm³/mol. The van der Waals surface area contributed by atoms with Crippen molar-refractivity contribution in [2.45, 2.75) is 13.8 Å². The second-order valence-corrected chi connectivity index (χ2v) is 12.7. The highest BCUT2D eigenvalue weighted by molar-refractivity contribution is 6.01. The Labute approximate surface area is 308 Å². The molecule has 8 nitrogen and oxygen atoms in total. The second-order valence-electron chi connectivity index (χ2n) is 12.7. The molecule has 6 aromatic carbocycles. The first-order valence-electron chi connectivity index (χ1n) is 16.9. The first-order valence-corrected chi connectivity index (χ1v) is 16.9. The van der Waals surface area contributed by atoms with Gasteiger partial charge < -0.3 is 30.4 Å². The lowest BCUT2D eigenvalue weighted by Gasteiger charge is -2.07. The molecule has 0 radical (unpaired) electrons. The maximum absolute atomic E-state index is 9.58. The zero-order chi connectivity index (χ0) is 37.2. The smallest absolute Gasteiger partial charge is 0.188 e. The molecule has 0 aliphatic heterocycles. The van der Waals surface area contributed by atoms with Gasteiger partial charge in [0.05, 0.1) is 31.3 Å². The van der Waals surface area contributed by atoms with Crippen molar-refractivity contribution in [3.63, 3.8) is 0 Å². The Morgan fingerprint density at radius 1 is 0.566 bits per heavy atom. The first-order chi connectivity index (χ1) is 25.7. The molecule has 8 aromatic rings. The van der Waals surface area contributed by atoms with Gasteiger partial charge in [-0.2, -0.15) is 0 Å². The number of rotatable bonds is 5. The Hall–Kier alpha value is -7.42. The molecule has 0 amide bonds. The fourth-order valence-corrected chi connectivity index (χ4v) is 6.68. The molecule has 8 heteroatoms. The molecule has 258 valence electrons. The lowest BCUT2D eigenvalue weighted by atomic mass is 9.99. The van der Waals surface area contributed by atoms with E-state index in [9.17, 15) is 5.11 Å². The van der Waals surface area contributed by atoms with Gasteiger partial charge >= 0.3 is 0 Å². The minimum absolute atomic E-state index is 0.229. The van der Waals surface area contributed by atoms with Crippen molar-refractivity contribution in [3.8, 4) is 45.1 Å². The average molecular weight is 693 g/mol. The van der Waals surface area contributed by atoms with Crippen LogP contribution in [0.1, 0.15) is 11.1 Å². The number of nitrogen functional groups attached to an aromatic ring is 2. The summed E-state index contributed by atoms with van der Waals surface area (Å²) < 4.78 is 9.48. The molecule has 0 unspecified atom stereocenters. The summed E-state index contributed by atoms with van der Waals surface area (Å²) in [5, 5.41) is 11.6. The van der Waals surface area contributed by atoms with Gasteiger partial charge in [0, 0.05) is 46.3 Å². The van der Waals surface area contributed by atoms with E-state index in [1.165, 1.54) is 0 Å². The molecule has 0 atom stereocenters. The SMILES string of the molecule is [C-]#[N+]c1ccc2c(c1)c(-c1cccc(N)c1C)cn2-c1ccc(O)cc1.[C-]#[N+]c1ccc2c(c1)c(-c1cccc(N)c1C)cn2-c1ccc(OC)cc1. The van der Waals surface area contributed by atoms with Crippen molar-refractivity contribution in [2.75, 3.05) is 18.6 Å². The summed E-state index contributed by atoms with van der Waals surface area (Å²) in [5.74, 6) is 1.05. The number of hydrogen-bond acceptors (Lipinski definition) is 4. The van der Waals surface area contributed by atoms with Crippen LogP contribution < -0.4 is 16.2 Å². The van der Waals surface area contributed by atoms with Gasteiger partial charge in [-0.1, -0.05) is 36.4 Å². The van der Waals surface area contributed by atoms with Crippen LogP contribution in [0.15, 0.2) is 134 Å². The highest BCUT2D eigenvalue weighted by Gasteiger charge is 2.16. The summed E-state index contributed by atoms with van der Waals surface area (Å²) in [6.07, 6.45) is 4.18. The largest absolute Gasteiger partial charge is 0.508 e. The van der Waals surface area contributed by atoms with Crippen molar-refractivity contribution in [2.24, 2.45) is 0 Å². The quantitative estimate of drug-likeness (QED) is 0.123. The van der Waals surface area contributed by atoms with Gasteiger partial charge in [-0.3, -0.25) is 0 Å². The highest BCUT2D eigenvalue weighted by atomic mass is 16.5. The van der Waals surface area contributed by atoms with Gasteiger partial charge in [0.1, 0.15) is 11.5 Å². The molecule has 0 spiro atoms. The topological polar surface area (TPSA) is 100 Å². The minimum Gasteiger partial charge on any atom is -0.508 e. The van der Waals surface area contributed by atoms with E-state index >= 15 is 0 Å². The van der Waals surface area contributed by atoms with Crippen LogP contribution in [0.3, 0.4) is 0 Å². The fourth-order valence-electron chi connectivity index (χ4n) is 6.68. The van der Waals surface area contributed by atoms with Crippen LogP contribution in [0, 0.1) is 27.0 Å². The normalized spacial score (nSPS) is 10.7. The monoisotopic (exact) mass is 692 g/mol. The van der Waals surface area contributed by atoms with Crippen LogP contribution in [0.4, 0.5) is 22.7 Å². The number of anilines is 2. The van der Waals surface area contributed by atoms with E-state index in [4.69, 9.17) is 29.3 Å². The van der Waals surface area contributed by atoms with Crippen LogP contribution in [0.25, 0.3) is 65.1 Å². The molecule has 0 saturated carbocycles. The summed E-state index contributed by atoms with van der Waals surface area (Å²) in [4.78, 5) is 7.17. The standard InChI is InChI=1S/C23H19N3O.C22H17N3O/c1-15-19(5-4-6-22(15)24)21-14-26(17-8-10-18(27-3)11-9-17)23-12-7-16(25-2)13-20(21)23;1-14-18(4-3-5-21(14)23)20-13-25(16-7-9-17(26)10-8-16)22-11-6-15(24-2)12-19(20)22/h4-14H,24H2,1,3H3;3-13,26H,23H2,1H3. The summed E-state index contributed by atoms with van der Waals surface area (Å²) in [6, 6.07) is 38.3. The van der Waals surface area contributed by atoms with Crippen LogP contribution in [-0.4, -0.2) is 21.4 Å². The Morgan fingerprint density at radius 2 is 1.00 bits per heavy atom. The van der Waals surface area contributed by atoms with Gasteiger partial charge in [0.15, 0.2) is 11.4 Å². The summed E-state index contributed by atoms with van der Waals surface area (Å²) in [5.41, 5.74) is 25.3. The van der Waals surface area contributed by atoms with Crippen molar-refractivity contribution in [3.05, 3.63) is 168 Å². The van der Waals surface area contributed by atoms with Gasteiger partial charge in [0.2, 0.25) is 0 Å². The number of phenols is 1. The molecular formula is C45H36N6O2. The van der Waals surface area contributed by atoms with Crippen LogP contribution in [0.5, 0.6) is 11.5 Å². The number of hydrogen-bond donors (Lipinski definition) is 3. The average Bonchev–Trinajstić information content (AvgIpc) is 3.76. The first kappa shape index (κ1) is 34.0. The number of aromatic hydroxyl groups is 1. The number of phenolic OH excluding ortho intramolecular Hbond substituents is 1. The van der Waals surface area contributed by atoms with Crippen LogP contribution in [-0.2, 0) is 0 Å². The minimum atomic E-state index is 0.229. The molecule has 2 heterocycles. The van der Waals surface area contributed by atoms with Crippen LogP contribution in [0.2, 0.25) is 0 Å². The number of nitrogens with two attached hydrogens (primary N) is 2. The third-order valence-electron chi connectivity index (χ3n) is 9.64. The third-order valence-corrected chi connectivity index (χ3v) is 9.64. The Kier molecular flexibility index (Phi) is 9.04. The summed E-state index contributed by atoms with van der Waals surface area (Å²) >= 11 is 0. The van der Waals surface area contributed by atoms with E-state index in [2.05, 4.69) is 37.3 Å². The van der Waals surface area contributed by atoms with Crippen molar-refractivity contribution in [1.29, 1.82) is 0 Å². The maximum atomic E-state index is 9.58. The molecule has 0 bridgehead atoms. The number of aromatic nitrogens is 2. The number of nitrogens with zero attached hydrogens (tertiary/aromatic N) is 4. The zero-order valence-electron chi connectivity index (χ0n) is 29.5. The molecule has 0 fully saturated rings. The molecule has 5 N–H and O–H groups in total. The van der Waals surface area contributed by atoms with Crippen LogP contribution >= 0.6 is 0 Å². The molecule has 53 heavy (non-hydrogen) atoms. The zero-order valence-corrected chi connectivity index (χ0v) is 29.5. The molecular weight excluding hydrogens is 657 g/mol. The second kappa shape index (κ2) is 14.1. The van der Waals surface area contributed by atoms with E-state index in [0.717, 1.165) is 83.7 Å². The Balaban J connectivity index is 0.000000164. The summed E-state index contributed by atoms with van der Waals surface area (Å²) in [7, 11) is 1.66. The molecule has 0 aliphatic rings. The van der Waals surface area contributed by atoms with E-state index in [1.807, 2.05) is 117 Å². The fraction of sp³-hybridized carbons (Fsp3) is 0.0667. The highest BCUT2D eigenvalue weighted by Crippen LogP contribution is 2.39. The van der Waals surface area contributed by atoms with Gasteiger partial charge in [-0.05, 0) is 132 Å². The predicted octanol–water partition coefficient (Wildman–Crippen LogP) is 11.2. The number of ether oxygens (including phenoxy) is 1. The third kappa shape index (κ3) is 6.38. The molecule has 0 aliphatic carbocycles. The van der Waals surface area contributed by atoms with Gasteiger partial charge in [-0.15, -0.1) is 0 Å². The Morgan fingerprint density at radius 3 is 1.42 bits per heavy atom.